The van der Waals surface area contributed by atoms with Crippen molar-refractivity contribution in [2.75, 3.05) is 57.9 Å². The summed E-state index contributed by atoms with van der Waals surface area (Å²) >= 11 is 6.65. The van der Waals surface area contributed by atoms with Crippen LogP contribution >= 0.6 is 11.6 Å². The van der Waals surface area contributed by atoms with Crippen LogP contribution in [0.3, 0.4) is 0 Å². The zero-order chi connectivity index (χ0) is 35.4. The van der Waals surface area contributed by atoms with E-state index in [2.05, 4.69) is 20.0 Å². The molecule has 4 aliphatic heterocycles. The summed E-state index contributed by atoms with van der Waals surface area (Å²) in [4.78, 5) is 38.1. The lowest BCUT2D eigenvalue weighted by Crippen LogP contribution is -2.43. The van der Waals surface area contributed by atoms with Crippen LogP contribution in [0.5, 0.6) is 6.01 Å². The molecule has 0 N–H and O–H groups in total. The van der Waals surface area contributed by atoms with E-state index in [1.54, 1.807) is 23.2 Å². The summed E-state index contributed by atoms with van der Waals surface area (Å²) in [6, 6.07) is 11.3. The molecule has 268 valence electrons. The number of pyridine rings is 1. The van der Waals surface area contributed by atoms with Crippen LogP contribution in [0, 0.1) is 5.82 Å². The Hall–Kier alpha value is -4.72. The smallest absolute Gasteiger partial charge is 0.319 e. The predicted molar refractivity (Wildman–Crippen MR) is 194 cm³/mol. The molecule has 14 heteroatoms. The first-order chi connectivity index (χ1) is 25.4. The highest BCUT2D eigenvalue weighted by atomic mass is 35.5. The van der Waals surface area contributed by atoms with Crippen molar-refractivity contribution in [3.63, 3.8) is 0 Å². The van der Waals surface area contributed by atoms with Crippen LogP contribution in [-0.2, 0) is 9.53 Å². The van der Waals surface area contributed by atoms with Crippen LogP contribution in [0.4, 0.5) is 10.2 Å². The number of likely N-dealkylation sites (N-methyl/N-ethyl adjacent to an activating group) is 1. The Labute approximate surface area is 304 Å². The van der Waals surface area contributed by atoms with Gasteiger partial charge >= 0.3 is 6.01 Å². The molecule has 2 aromatic carbocycles. The molecule has 4 saturated heterocycles. The summed E-state index contributed by atoms with van der Waals surface area (Å²) in [6.45, 7) is 4.68. The van der Waals surface area contributed by atoms with Gasteiger partial charge < -0.3 is 23.8 Å². The van der Waals surface area contributed by atoms with Gasteiger partial charge in [-0.25, -0.2) is 4.39 Å². The lowest BCUT2D eigenvalue weighted by atomic mass is 9.95. The van der Waals surface area contributed by atoms with Crippen molar-refractivity contribution in [3.05, 3.63) is 71.2 Å². The number of carbonyl (C=O) groups is 1. The number of nitrogens with zero attached hydrogens (tertiary/aromatic N) is 8. The van der Waals surface area contributed by atoms with Crippen LogP contribution in [0.1, 0.15) is 49.7 Å². The minimum Gasteiger partial charge on any atom is -0.461 e. The number of anilines is 1. The van der Waals surface area contributed by atoms with Gasteiger partial charge in [-0.3, -0.25) is 14.7 Å². The van der Waals surface area contributed by atoms with Crippen molar-refractivity contribution in [3.8, 4) is 17.3 Å². The van der Waals surface area contributed by atoms with Gasteiger partial charge in [0.15, 0.2) is 11.6 Å². The molecule has 12 nitrogen and oxygen atoms in total. The van der Waals surface area contributed by atoms with Crippen molar-refractivity contribution in [2.24, 2.45) is 0 Å². The number of carbonyl (C=O) groups excluding carboxylic acids is 1. The molecule has 4 aliphatic rings. The van der Waals surface area contributed by atoms with Crippen molar-refractivity contribution in [1.82, 2.24) is 34.9 Å². The molecule has 0 spiro atoms. The van der Waals surface area contributed by atoms with Crippen LogP contribution in [0.25, 0.3) is 39.0 Å². The zero-order valence-electron chi connectivity index (χ0n) is 28.8. The van der Waals surface area contributed by atoms with Gasteiger partial charge in [0.25, 0.3) is 5.89 Å². The van der Waals surface area contributed by atoms with E-state index in [0.717, 1.165) is 49.5 Å². The molecule has 4 fully saturated rings. The number of rotatable bonds is 9. The van der Waals surface area contributed by atoms with Gasteiger partial charge in [0.05, 0.1) is 30.1 Å². The third kappa shape index (κ3) is 5.84. The monoisotopic (exact) mass is 724 g/mol. The van der Waals surface area contributed by atoms with E-state index >= 15 is 4.39 Å². The molecule has 1 amide bonds. The molecule has 1 unspecified atom stereocenters. The number of ether oxygens (including phenoxy) is 2. The fraction of sp³-hybridized carbons (Fsp3) is 0.421. The molecular weight excluding hydrogens is 687 g/mol. The molecule has 0 radical (unpaired) electrons. The highest BCUT2D eigenvalue weighted by Crippen LogP contribution is 2.40. The van der Waals surface area contributed by atoms with Crippen LogP contribution in [0.2, 0.25) is 5.02 Å². The van der Waals surface area contributed by atoms with Gasteiger partial charge in [0, 0.05) is 60.5 Å². The molecule has 9 rings (SSSR count). The maximum atomic E-state index is 16.9. The SMILES string of the molecule is CN(c1nc(OCC23CCCN2CCC3)nc2c(F)c(-c3cccc4cccc(Cl)c34)ncc12)C1CCN(C(=O)/C=C/c2nc(C3COC3)no2)C1. The second-order valence-corrected chi connectivity index (χ2v) is 14.7. The van der Waals surface area contributed by atoms with Gasteiger partial charge in [0.2, 0.25) is 5.91 Å². The molecule has 1 atom stereocenters. The lowest BCUT2D eigenvalue weighted by molar-refractivity contribution is -0.124. The lowest BCUT2D eigenvalue weighted by Gasteiger charge is -2.31. The molecule has 0 saturated carbocycles. The number of fused-ring (bicyclic) bond motifs is 3. The second-order valence-electron chi connectivity index (χ2n) is 14.3. The standard InChI is InChI=1S/C38H38ClFN8O4/c1-46(25-12-17-47(19-25)30(49)11-10-29-42-35(45-52-29)24-20-50-21-24)36-27-18-41-33(26-8-2-6-23-7-3-9-28(39)31(23)26)32(40)34(27)43-37(44-36)51-22-38-13-4-15-48(38)16-5-14-38/h2-3,6-11,18,24-25H,4-5,12-17,19-22H2,1H3/b11-10+. The van der Waals surface area contributed by atoms with E-state index in [1.807, 2.05) is 42.3 Å². The van der Waals surface area contributed by atoms with Gasteiger partial charge in [-0.05, 0) is 56.6 Å². The normalized spacial score (nSPS) is 20.3. The summed E-state index contributed by atoms with van der Waals surface area (Å²) in [5, 5.41) is 6.58. The number of benzene rings is 2. The Kier molecular flexibility index (Phi) is 8.51. The predicted octanol–water partition coefficient (Wildman–Crippen LogP) is 5.89. The summed E-state index contributed by atoms with van der Waals surface area (Å²) in [7, 11) is 1.91. The average Bonchev–Trinajstić information content (AvgIpc) is 3.94. The van der Waals surface area contributed by atoms with Gasteiger partial charge in [-0.1, -0.05) is 47.1 Å². The number of likely N-dealkylation sites (tertiary alicyclic amines) is 1. The third-order valence-electron chi connectivity index (χ3n) is 11.2. The van der Waals surface area contributed by atoms with Crippen LogP contribution in [0.15, 0.2) is 53.2 Å². The Morgan fingerprint density at radius 1 is 1.12 bits per heavy atom. The zero-order valence-corrected chi connectivity index (χ0v) is 29.6. The summed E-state index contributed by atoms with van der Waals surface area (Å²) in [5.74, 6) is 0.754. The highest BCUT2D eigenvalue weighted by molar-refractivity contribution is 6.36. The molecule has 3 aromatic heterocycles. The molecule has 52 heavy (non-hydrogen) atoms. The summed E-state index contributed by atoms with van der Waals surface area (Å²) < 4.78 is 33.8. The third-order valence-corrected chi connectivity index (χ3v) is 11.5. The molecule has 0 aliphatic carbocycles. The van der Waals surface area contributed by atoms with Crippen molar-refractivity contribution < 1.29 is 23.2 Å². The number of hydrogen-bond acceptors (Lipinski definition) is 11. The first-order valence-electron chi connectivity index (χ1n) is 17.9. The van der Waals surface area contributed by atoms with Gasteiger partial charge in [0.1, 0.15) is 23.6 Å². The van der Waals surface area contributed by atoms with Gasteiger partial charge in [-0.2, -0.15) is 15.0 Å². The largest absolute Gasteiger partial charge is 0.461 e. The number of halogens is 2. The van der Waals surface area contributed by atoms with Gasteiger partial charge in [-0.15, -0.1) is 0 Å². The molecular formula is C38H38ClFN8O4. The first-order valence-corrected chi connectivity index (χ1v) is 18.3. The molecule has 7 heterocycles. The van der Waals surface area contributed by atoms with E-state index in [9.17, 15) is 4.79 Å². The minimum absolute atomic E-state index is 0.0414. The maximum Gasteiger partial charge on any atom is 0.319 e. The maximum absolute atomic E-state index is 16.9. The number of aromatic nitrogens is 5. The molecule has 5 aromatic rings. The topological polar surface area (TPSA) is 123 Å². The Bertz CT molecular complexity index is 2190. The highest BCUT2D eigenvalue weighted by Gasteiger charge is 2.45. The number of hydrogen-bond donors (Lipinski definition) is 0. The minimum atomic E-state index is -0.573. The van der Waals surface area contributed by atoms with Crippen molar-refractivity contribution in [2.45, 2.75) is 49.6 Å². The quantitative estimate of drug-likeness (QED) is 0.169. The van der Waals surface area contributed by atoms with E-state index in [-0.39, 0.29) is 46.5 Å². The summed E-state index contributed by atoms with van der Waals surface area (Å²) in [6.07, 6.45) is 9.69. The Balaban J connectivity index is 1.02. The fourth-order valence-corrected chi connectivity index (χ4v) is 8.52. The van der Waals surface area contributed by atoms with E-state index < -0.39 is 5.82 Å². The second kappa shape index (κ2) is 13.4. The average molecular weight is 725 g/mol. The van der Waals surface area contributed by atoms with Crippen LogP contribution in [-0.4, -0.2) is 105 Å². The molecule has 0 bridgehead atoms. The summed E-state index contributed by atoms with van der Waals surface area (Å²) in [5.41, 5.74) is 0.811. The Morgan fingerprint density at radius 3 is 2.71 bits per heavy atom. The first kappa shape index (κ1) is 33.1. The van der Waals surface area contributed by atoms with E-state index in [1.165, 1.54) is 6.08 Å². The van der Waals surface area contributed by atoms with Crippen molar-refractivity contribution in [1.29, 1.82) is 0 Å². The van der Waals surface area contributed by atoms with E-state index in [0.29, 0.717) is 66.9 Å². The van der Waals surface area contributed by atoms with Crippen LogP contribution < -0.4 is 9.64 Å². The van der Waals surface area contributed by atoms with E-state index in [4.69, 9.17) is 35.6 Å². The fourth-order valence-electron chi connectivity index (χ4n) is 8.24. The number of amides is 1. The van der Waals surface area contributed by atoms with Crippen molar-refractivity contribution >= 4 is 51.1 Å². The Morgan fingerprint density at radius 2 is 1.92 bits per heavy atom.